The van der Waals surface area contributed by atoms with Crippen molar-refractivity contribution in [3.8, 4) is 0 Å². The fourth-order valence-corrected chi connectivity index (χ4v) is 3.37. The molecule has 1 aliphatic heterocycles. The van der Waals surface area contributed by atoms with Crippen molar-refractivity contribution in [3.05, 3.63) is 59.9 Å². The molecule has 4 rings (SSSR count). The Bertz CT molecular complexity index is 974. The first-order valence-corrected chi connectivity index (χ1v) is 7.92. The highest BCUT2D eigenvalue weighted by molar-refractivity contribution is 6.22. The predicted molar refractivity (Wildman–Crippen MR) is 91.8 cm³/mol. The second-order valence-corrected chi connectivity index (χ2v) is 6.22. The Kier molecular flexibility index (Phi) is 3.23. The normalized spacial score (nSPS) is 17.9. The first-order chi connectivity index (χ1) is 11.6. The summed E-state index contributed by atoms with van der Waals surface area (Å²) in [6, 6.07) is 12.8. The Balaban J connectivity index is 1.76. The average molecular weight is 319 g/mol. The Morgan fingerprint density at radius 2 is 1.88 bits per heavy atom. The Morgan fingerprint density at radius 1 is 1.08 bits per heavy atom. The van der Waals surface area contributed by atoms with Gasteiger partial charge in [0.2, 0.25) is 5.91 Å². The number of imidazole rings is 1. The van der Waals surface area contributed by atoms with E-state index < -0.39 is 6.04 Å². The van der Waals surface area contributed by atoms with Crippen molar-refractivity contribution in [2.45, 2.75) is 26.3 Å². The van der Waals surface area contributed by atoms with Gasteiger partial charge in [-0.3, -0.25) is 9.59 Å². The number of carbonyl (C=O) groups is 2. The monoisotopic (exact) mass is 319 g/mol. The highest BCUT2D eigenvalue weighted by atomic mass is 16.2. The summed E-state index contributed by atoms with van der Waals surface area (Å²) < 4.78 is 1.80. The minimum Gasteiger partial charge on any atom is -0.317 e. The summed E-state index contributed by atoms with van der Waals surface area (Å²) in [5.74, 6) is -0.371. The van der Waals surface area contributed by atoms with Gasteiger partial charge >= 0.3 is 0 Å². The molecule has 2 aromatic carbocycles. The third-order valence-electron chi connectivity index (χ3n) is 4.53. The number of imide groups is 1. The second kappa shape index (κ2) is 5.30. The Hall–Kier alpha value is -2.95. The maximum absolute atomic E-state index is 13.0. The number of amides is 2. The lowest BCUT2D eigenvalue weighted by Crippen LogP contribution is -2.31. The lowest BCUT2D eigenvalue weighted by Gasteiger charge is -2.18. The zero-order valence-corrected chi connectivity index (χ0v) is 13.6. The topological polar surface area (TPSA) is 55.2 Å². The molecule has 1 aromatic heterocycles. The molecule has 120 valence electrons. The van der Waals surface area contributed by atoms with Gasteiger partial charge in [0.15, 0.2) is 0 Å². The number of para-hydroxylation sites is 2. The van der Waals surface area contributed by atoms with Crippen molar-refractivity contribution >= 4 is 28.5 Å². The van der Waals surface area contributed by atoms with Gasteiger partial charge in [-0.1, -0.05) is 29.8 Å². The standard InChI is InChI=1S/C19H17N3O2/c1-12-7-8-15(13(2)9-12)22-18(23)10-17(19(22)24)21-11-20-14-5-3-4-6-16(14)21/h3-9,11,17H,10H2,1-2H3. The zero-order valence-electron chi connectivity index (χ0n) is 13.6. The first kappa shape index (κ1) is 14.6. The SMILES string of the molecule is Cc1ccc(N2C(=O)CC(n3cnc4ccccc43)C2=O)c(C)c1. The van der Waals surface area contributed by atoms with E-state index in [1.165, 1.54) is 4.90 Å². The summed E-state index contributed by atoms with van der Waals surface area (Å²) in [5.41, 5.74) is 4.39. The van der Waals surface area contributed by atoms with Crippen LogP contribution in [0.5, 0.6) is 0 Å². The third kappa shape index (κ3) is 2.12. The van der Waals surface area contributed by atoms with Gasteiger partial charge in [0, 0.05) is 0 Å². The highest BCUT2D eigenvalue weighted by Crippen LogP contribution is 2.33. The summed E-state index contributed by atoms with van der Waals surface area (Å²) in [6.45, 7) is 3.91. The van der Waals surface area contributed by atoms with Crippen LogP contribution in [-0.2, 0) is 9.59 Å². The van der Waals surface area contributed by atoms with Crippen molar-refractivity contribution in [1.82, 2.24) is 9.55 Å². The van der Waals surface area contributed by atoms with Crippen LogP contribution >= 0.6 is 0 Å². The number of aromatic nitrogens is 2. The number of hydrogen-bond donors (Lipinski definition) is 0. The van der Waals surface area contributed by atoms with E-state index in [0.29, 0.717) is 5.69 Å². The Morgan fingerprint density at radius 3 is 2.67 bits per heavy atom. The van der Waals surface area contributed by atoms with E-state index in [-0.39, 0.29) is 18.2 Å². The van der Waals surface area contributed by atoms with Gasteiger partial charge < -0.3 is 4.57 Å². The summed E-state index contributed by atoms with van der Waals surface area (Å²) in [4.78, 5) is 31.1. The molecule has 1 aliphatic rings. The van der Waals surface area contributed by atoms with E-state index in [9.17, 15) is 9.59 Å². The lowest BCUT2D eigenvalue weighted by molar-refractivity contribution is -0.122. The summed E-state index contributed by atoms with van der Waals surface area (Å²) in [7, 11) is 0. The summed E-state index contributed by atoms with van der Waals surface area (Å²) in [6.07, 6.45) is 1.80. The minimum absolute atomic E-state index is 0.159. The molecule has 1 atom stereocenters. The highest BCUT2D eigenvalue weighted by Gasteiger charge is 2.41. The van der Waals surface area contributed by atoms with Gasteiger partial charge in [0.05, 0.1) is 29.5 Å². The van der Waals surface area contributed by atoms with Gasteiger partial charge in [-0.25, -0.2) is 9.88 Å². The molecule has 1 fully saturated rings. The molecule has 0 aliphatic carbocycles. The van der Waals surface area contributed by atoms with Crippen LogP contribution in [0.25, 0.3) is 11.0 Å². The van der Waals surface area contributed by atoms with Crippen LogP contribution in [0.2, 0.25) is 0 Å². The van der Waals surface area contributed by atoms with Crippen molar-refractivity contribution in [2.24, 2.45) is 0 Å². The molecule has 0 radical (unpaired) electrons. The minimum atomic E-state index is -0.536. The zero-order chi connectivity index (χ0) is 16.8. The average Bonchev–Trinajstić information content (AvgIpc) is 3.10. The van der Waals surface area contributed by atoms with Crippen LogP contribution in [0.4, 0.5) is 5.69 Å². The maximum atomic E-state index is 13.0. The predicted octanol–water partition coefficient (Wildman–Crippen LogP) is 3.16. The molecule has 1 saturated heterocycles. The quantitative estimate of drug-likeness (QED) is 0.682. The van der Waals surface area contributed by atoms with Crippen LogP contribution in [0.15, 0.2) is 48.8 Å². The number of anilines is 1. The van der Waals surface area contributed by atoms with E-state index in [4.69, 9.17) is 0 Å². The molecule has 0 bridgehead atoms. The molecule has 0 N–H and O–H groups in total. The van der Waals surface area contributed by atoms with Gasteiger partial charge in [0.1, 0.15) is 6.04 Å². The molecule has 0 spiro atoms. The van der Waals surface area contributed by atoms with Gasteiger partial charge in [-0.05, 0) is 37.6 Å². The van der Waals surface area contributed by atoms with E-state index in [1.54, 1.807) is 10.9 Å². The number of benzene rings is 2. The molecular weight excluding hydrogens is 302 g/mol. The molecule has 1 unspecified atom stereocenters. The van der Waals surface area contributed by atoms with Gasteiger partial charge in [0.25, 0.3) is 5.91 Å². The molecular formula is C19H17N3O2. The summed E-state index contributed by atoms with van der Waals surface area (Å²) >= 11 is 0. The number of aryl methyl sites for hydroxylation is 2. The van der Waals surface area contributed by atoms with E-state index in [0.717, 1.165) is 22.2 Å². The largest absolute Gasteiger partial charge is 0.317 e. The van der Waals surface area contributed by atoms with Crippen molar-refractivity contribution in [1.29, 1.82) is 0 Å². The third-order valence-corrected chi connectivity index (χ3v) is 4.53. The summed E-state index contributed by atoms with van der Waals surface area (Å²) in [5, 5.41) is 0. The molecule has 2 heterocycles. The van der Waals surface area contributed by atoms with Crippen LogP contribution < -0.4 is 4.90 Å². The molecule has 3 aromatic rings. The number of rotatable bonds is 2. The van der Waals surface area contributed by atoms with Crippen molar-refractivity contribution < 1.29 is 9.59 Å². The molecule has 24 heavy (non-hydrogen) atoms. The second-order valence-electron chi connectivity index (χ2n) is 6.22. The van der Waals surface area contributed by atoms with E-state index in [2.05, 4.69) is 4.98 Å². The Labute approximate surface area is 139 Å². The number of nitrogens with zero attached hydrogens (tertiary/aromatic N) is 3. The van der Waals surface area contributed by atoms with Crippen molar-refractivity contribution in [2.75, 3.05) is 4.90 Å². The fourth-order valence-electron chi connectivity index (χ4n) is 3.37. The maximum Gasteiger partial charge on any atom is 0.257 e. The molecule has 5 heteroatoms. The number of fused-ring (bicyclic) bond motifs is 1. The van der Waals surface area contributed by atoms with Crippen LogP contribution in [0.1, 0.15) is 23.6 Å². The van der Waals surface area contributed by atoms with E-state index >= 15 is 0 Å². The van der Waals surface area contributed by atoms with Gasteiger partial charge in [-0.15, -0.1) is 0 Å². The number of hydrogen-bond acceptors (Lipinski definition) is 3. The van der Waals surface area contributed by atoms with Crippen molar-refractivity contribution in [3.63, 3.8) is 0 Å². The van der Waals surface area contributed by atoms with Crippen LogP contribution in [-0.4, -0.2) is 21.4 Å². The lowest BCUT2D eigenvalue weighted by atomic mass is 10.1. The molecule has 2 amide bonds. The van der Waals surface area contributed by atoms with Crippen LogP contribution in [0, 0.1) is 13.8 Å². The number of carbonyl (C=O) groups excluding carboxylic acids is 2. The molecule has 0 saturated carbocycles. The molecule has 5 nitrogen and oxygen atoms in total. The van der Waals surface area contributed by atoms with E-state index in [1.807, 2.05) is 56.3 Å². The van der Waals surface area contributed by atoms with Gasteiger partial charge in [-0.2, -0.15) is 0 Å². The first-order valence-electron chi connectivity index (χ1n) is 7.92. The van der Waals surface area contributed by atoms with Crippen LogP contribution in [0.3, 0.4) is 0 Å². The fraction of sp³-hybridized carbons (Fsp3) is 0.211. The smallest absolute Gasteiger partial charge is 0.257 e.